The number of hydrogen-bond donors (Lipinski definition) is 2. The molecule has 6 nitrogen and oxygen atoms in total. The summed E-state index contributed by atoms with van der Waals surface area (Å²) in [6.07, 6.45) is 5.27. The molecule has 0 aliphatic heterocycles. The molecule has 28 heavy (non-hydrogen) atoms. The van der Waals surface area contributed by atoms with Gasteiger partial charge in [-0.05, 0) is 43.2 Å². The number of carbonyl (C=O) groups is 1. The zero-order valence-corrected chi connectivity index (χ0v) is 17.1. The minimum atomic E-state index is -3.92. The van der Waals surface area contributed by atoms with Crippen molar-refractivity contribution in [1.29, 1.82) is 0 Å². The molecule has 2 aromatic carbocycles. The molecule has 1 fully saturated rings. The maximum Gasteiger partial charge on any atom is 0.261 e. The van der Waals surface area contributed by atoms with E-state index >= 15 is 0 Å². The van der Waals surface area contributed by atoms with Gasteiger partial charge in [0.1, 0.15) is 5.75 Å². The lowest BCUT2D eigenvalue weighted by Crippen LogP contribution is -2.36. The van der Waals surface area contributed by atoms with Crippen LogP contribution < -0.4 is 14.8 Å². The second-order valence-electron chi connectivity index (χ2n) is 6.76. The van der Waals surface area contributed by atoms with Crippen LogP contribution in [0.2, 0.25) is 5.02 Å². The lowest BCUT2D eigenvalue weighted by Gasteiger charge is -2.23. The number of benzene rings is 2. The van der Waals surface area contributed by atoms with E-state index < -0.39 is 10.0 Å². The summed E-state index contributed by atoms with van der Waals surface area (Å²) in [7, 11) is -2.47. The van der Waals surface area contributed by atoms with Crippen LogP contribution in [0.3, 0.4) is 0 Å². The van der Waals surface area contributed by atoms with E-state index in [1.807, 2.05) is 0 Å². The number of halogens is 1. The van der Waals surface area contributed by atoms with Gasteiger partial charge in [0.2, 0.25) is 0 Å². The highest BCUT2D eigenvalue weighted by molar-refractivity contribution is 7.92. The van der Waals surface area contributed by atoms with E-state index in [-0.39, 0.29) is 33.1 Å². The van der Waals surface area contributed by atoms with Crippen molar-refractivity contribution in [3.8, 4) is 5.75 Å². The molecule has 150 valence electrons. The van der Waals surface area contributed by atoms with E-state index in [2.05, 4.69) is 10.0 Å². The molecule has 8 heteroatoms. The molecule has 0 saturated heterocycles. The van der Waals surface area contributed by atoms with Crippen molar-refractivity contribution < 1.29 is 17.9 Å². The van der Waals surface area contributed by atoms with E-state index in [0.29, 0.717) is 5.75 Å². The molecule has 0 aromatic heterocycles. The zero-order chi connectivity index (χ0) is 20.1. The van der Waals surface area contributed by atoms with Crippen LogP contribution in [-0.4, -0.2) is 27.5 Å². The van der Waals surface area contributed by atoms with Crippen LogP contribution in [0, 0.1) is 0 Å². The van der Waals surface area contributed by atoms with Gasteiger partial charge >= 0.3 is 0 Å². The van der Waals surface area contributed by atoms with E-state index in [9.17, 15) is 13.2 Å². The smallest absolute Gasteiger partial charge is 0.261 e. The largest absolute Gasteiger partial charge is 0.495 e. The minimum Gasteiger partial charge on any atom is -0.495 e. The highest BCUT2D eigenvalue weighted by Gasteiger charge is 2.22. The molecule has 0 unspecified atom stereocenters. The van der Waals surface area contributed by atoms with Gasteiger partial charge in [-0.3, -0.25) is 9.52 Å². The Balaban J connectivity index is 1.82. The monoisotopic (exact) mass is 422 g/mol. The van der Waals surface area contributed by atoms with Crippen LogP contribution in [0.25, 0.3) is 0 Å². The maximum atomic E-state index is 12.8. The highest BCUT2D eigenvalue weighted by atomic mass is 35.5. The number of anilines is 1. The average Bonchev–Trinajstić information content (AvgIpc) is 2.68. The Bertz CT molecular complexity index is 956. The molecule has 3 rings (SSSR count). The van der Waals surface area contributed by atoms with Crippen LogP contribution in [0.15, 0.2) is 47.4 Å². The van der Waals surface area contributed by atoms with Gasteiger partial charge in [-0.15, -0.1) is 0 Å². The summed E-state index contributed by atoms with van der Waals surface area (Å²) in [5, 5.41) is 3.20. The summed E-state index contributed by atoms with van der Waals surface area (Å²) >= 11 is 6.05. The number of hydrogen-bond acceptors (Lipinski definition) is 4. The molecule has 1 amide bonds. The number of carbonyl (C=O) groups excluding carboxylic acids is 1. The molecule has 0 bridgehead atoms. The molecule has 0 spiro atoms. The van der Waals surface area contributed by atoms with Crippen molar-refractivity contribution in [1.82, 2.24) is 5.32 Å². The molecular weight excluding hydrogens is 400 g/mol. The van der Waals surface area contributed by atoms with Gasteiger partial charge in [0.25, 0.3) is 15.9 Å². The summed E-state index contributed by atoms with van der Waals surface area (Å²) in [4.78, 5) is 12.7. The predicted molar refractivity (Wildman–Crippen MR) is 110 cm³/mol. The summed E-state index contributed by atoms with van der Waals surface area (Å²) in [5.41, 5.74) is 0.513. The van der Waals surface area contributed by atoms with Crippen molar-refractivity contribution in [2.75, 3.05) is 11.8 Å². The Morgan fingerprint density at radius 2 is 1.82 bits per heavy atom. The molecule has 1 aliphatic rings. The summed E-state index contributed by atoms with van der Waals surface area (Å²) in [6, 6.07) is 10.9. The molecule has 0 radical (unpaired) electrons. The zero-order valence-electron chi connectivity index (χ0n) is 15.6. The third-order valence-corrected chi connectivity index (χ3v) is 6.45. The normalized spacial score (nSPS) is 15.1. The van der Waals surface area contributed by atoms with Crippen molar-refractivity contribution in [2.45, 2.75) is 43.0 Å². The molecule has 0 heterocycles. The number of amides is 1. The number of rotatable bonds is 6. The first-order chi connectivity index (χ1) is 13.4. The van der Waals surface area contributed by atoms with Crippen LogP contribution >= 0.6 is 11.6 Å². The van der Waals surface area contributed by atoms with E-state index in [1.165, 1.54) is 31.7 Å². The molecular formula is C20H23ClN2O4S. The first kappa shape index (κ1) is 20.5. The quantitative estimate of drug-likeness (QED) is 0.730. The topological polar surface area (TPSA) is 84.5 Å². The Morgan fingerprint density at radius 1 is 1.11 bits per heavy atom. The fraction of sp³-hybridized carbons (Fsp3) is 0.350. The fourth-order valence-corrected chi connectivity index (χ4v) is 4.73. The number of nitrogens with one attached hydrogen (secondary N) is 2. The van der Waals surface area contributed by atoms with Gasteiger partial charge in [-0.2, -0.15) is 0 Å². The van der Waals surface area contributed by atoms with Crippen molar-refractivity contribution in [2.24, 2.45) is 0 Å². The highest BCUT2D eigenvalue weighted by Crippen LogP contribution is 2.28. The van der Waals surface area contributed by atoms with Gasteiger partial charge in [0.15, 0.2) is 0 Å². The maximum absolute atomic E-state index is 12.8. The Hall–Kier alpha value is -2.25. The SMILES string of the molecule is COc1ccc(S(=O)(=O)Nc2ccccc2C(=O)NC2CCCCC2)cc1Cl. The number of para-hydroxylation sites is 1. The number of sulfonamides is 1. The Kier molecular flexibility index (Phi) is 6.46. The first-order valence-corrected chi connectivity index (χ1v) is 11.0. The number of methoxy groups -OCH3 is 1. The Labute approximate surface area is 170 Å². The van der Waals surface area contributed by atoms with Crippen LogP contribution in [0.4, 0.5) is 5.69 Å². The first-order valence-electron chi connectivity index (χ1n) is 9.17. The van der Waals surface area contributed by atoms with Gasteiger partial charge in [0.05, 0.1) is 28.3 Å². The van der Waals surface area contributed by atoms with Gasteiger partial charge in [-0.25, -0.2) is 8.42 Å². The van der Waals surface area contributed by atoms with Crippen molar-refractivity contribution in [3.63, 3.8) is 0 Å². The average molecular weight is 423 g/mol. The Morgan fingerprint density at radius 3 is 2.50 bits per heavy atom. The van der Waals surface area contributed by atoms with Gasteiger partial charge < -0.3 is 10.1 Å². The van der Waals surface area contributed by atoms with Crippen LogP contribution in [-0.2, 0) is 10.0 Å². The van der Waals surface area contributed by atoms with Crippen molar-refractivity contribution in [3.05, 3.63) is 53.1 Å². The molecule has 2 aromatic rings. The minimum absolute atomic E-state index is 0.0132. The summed E-state index contributed by atoms with van der Waals surface area (Å²) in [6.45, 7) is 0. The third kappa shape index (κ3) is 4.77. The molecule has 1 saturated carbocycles. The second kappa shape index (κ2) is 8.84. The molecule has 0 atom stereocenters. The lowest BCUT2D eigenvalue weighted by molar-refractivity contribution is 0.0928. The summed E-state index contributed by atoms with van der Waals surface area (Å²) < 4.78 is 33.1. The molecule has 2 N–H and O–H groups in total. The van der Waals surface area contributed by atoms with E-state index in [4.69, 9.17) is 16.3 Å². The fourth-order valence-electron chi connectivity index (χ4n) is 3.30. The third-order valence-electron chi connectivity index (χ3n) is 4.79. The van der Waals surface area contributed by atoms with E-state index in [0.717, 1.165) is 25.7 Å². The van der Waals surface area contributed by atoms with Crippen molar-refractivity contribution >= 4 is 33.2 Å². The standard InChI is InChI=1S/C20H23ClN2O4S/c1-27-19-12-11-15(13-17(19)21)28(25,26)23-18-10-6-5-9-16(18)20(24)22-14-7-3-2-4-8-14/h5-6,9-14,23H,2-4,7-8H2,1H3,(H,22,24). The second-order valence-corrected chi connectivity index (χ2v) is 8.85. The van der Waals surface area contributed by atoms with Crippen LogP contribution in [0.1, 0.15) is 42.5 Å². The molecule has 1 aliphatic carbocycles. The lowest BCUT2D eigenvalue weighted by atomic mass is 9.95. The van der Waals surface area contributed by atoms with E-state index in [1.54, 1.807) is 24.3 Å². The number of ether oxygens (including phenoxy) is 1. The summed E-state index contributed by atoms with van der Waals surface area (Å²) in [5.74, 6) is 0.103. The van der Waals surface area contributed by atoms with Gasteiger partial charge in [-0.1, -0.05) is 43.0 Å². The van der Waals surface area contributed by atoms with Gasteiger partial charge in [0, 0.05) is 6.04 Å². The van der Waals surface area contributed by atoms with Crippen LogP contribution in [0.5, 0.6) is 5.75 Å². The predicted octanol–water partition coefficient (Wildman–Crippen LogP) is 4.21.